The van der Waals surface area contributed by atoms with Crippen LogP contribution in [0.1, 0.15) is 42.2 Å². The summed E-state index contributed by atoms with van der Waals surface area (Å²) in [7, 11) is 0. The highest BCUT2D eigenvalue weighted by Crippen LogP contribution is 2.27. The van der Waals surface area contributed by atoms with Gasteiger partial charge in [-0.2, -0.15) is 0 Å². The molecule has 4 rings (SSSR count). The lowest BCUT2D eigenvalue weighted by atomic mass is 9.83. The molecule has 0 saturated carbocycles. The third-order valence-electron chi connectivity index (χ3n) is 4.68. The van der Waals surface area contributed by atoms with Crippen LogP contribution >= 0.6 is 0 Å². The molecule has 1 aliphatic rings. The van der Waals surface area contributed by atoms with Crippen molar-refractivity contribution in [3.63, 3.8) is 0 Å². The first-order chi connectivity index (χ1) is 14.5. The van der Waals surface area contributed by atoms with E-state index >= 15 is 0 Å². The second-order valence-corrected chi connectivity index (χ2v) is 6.55. The molecule has 9 heteroatoms. The average molecular weight is 405 g/mol. The molecule has 0 saturated heterocycles. The molecule has 1 aliphatic carbocycles. The van der Waals surface area contributed by atoms with Crippen molar-refractivity contribution in [2.24, 2.45) is 0 Å². The Hall–Kier alpha value is -4.11. The second-order valence-electron chi connectivity index (χ2n) is 6.55. The topological polar surface area (TPSA) is 139 Å². The minimum atomic E-state index is -1.26. The number of hydrogen-bond acceptors (Lipinski definition) is 7. The van der Waals surface area contributed by atoms with E-state index in [9.17, 15) is 24.3 Å². The zero-order chi connectivity index (χ0) is 21.3. The maximum Gasteiger partial charge on any atom is 0.252 e. The summed E-state index contributed by atoms with van der Waals surface area (Å²) in [4.78, 5) is 50.3. The van der Waals surface area contributed by atoms with Crippen molar-refractivity contribution in [1.82, 2.24) is 10.5 Å². The largest absolute Gasteiger partial charge is 0.394 e. The molecule has 0 spiro atoms. The normalized spacial score (nSPS) is 13.2. The molecule has 0 aliphatic heterocycles. The maximum absolute atomic E-state index is 12.8. The van der Waals surface area contributed by atoms with E-state index in [0.717, 1.165) is 0 Å². The summed E-state index contributed by atoms with van der Waals surface area (Å²) in [5.74, 6) is -1.92. The Labute approximate surface area is 169 Å². The summed E-state index contributed by atoms with van der Waals surface area (Å²) in [6.45, 7) is -0.662. The smallest absolute Gasteiger partial charge is 0.252 e. The maximum atomic E-state index is 12.8. The van der Waals surface area contributed by atoms with E-state index in [-0.39, 0.29) is 39.6 Å². The lowest BCUT2D eigenvalue weighted by molar-refractivity contribution is -0.118. The van der Waals surface area contributed by atoms with Gasteiger partial charge >= 0.3 is 0 Å². The number of nitrogens with zero attached hydrogens (tertiary/aromatic N) is 1. The number of anilines is 1. The summed E-state index contributed by atoms with van der Waals surface area (Å²) in [5, 5.41) is 17.8. The summed E-state index contributed by atoms with van der Waals surface area (Å²) < 4.78 is 4.60. The Morgan fingerprint density at radius 1 is 0.967 bits per heavy atom. The fourth-order valence-electron chi connectivity index (χ4n) is 3.17. The van der Waals surface area contributed by atoms with Gasteiger partial charge in [-0.25, -0.2) is 0 Å². The molecule has 1 atom stereocenters. The molecular formula is C21H15N3O6. The molecule has 0 bridgehead atoms. The van der Waals surface area contributed by atoms with Gasteiger partial charge in [-0.1, -0.05) is 29.4 Å². The zero-order valence-corrected chi connectivity index (χ0v) is 15.4. The highest BCUT2D eigenvalue weighted by Gasteiger charge is 2.30. The van der Waals surface area contributed by atoms with Gasteiger partial charge in [0.1, 0.15) is 12.3 Å². The molecule has 3 aromatic rings. The van der Waals surface area contributed by atoms with Crippen molar-refractivity contribution in [2.75, 3.05) is 11.9 Å². The highest BCUT2D eigenvalue weighted by atomic mass is 16.5. The Balaban J connectivity index is 1.56. The van der Waals surface area contributed by atoms with E-state index in [0.29, 0.717) is 5.56 Å². The van der Waals surface area contributed by atoms with Gasteiger partial charge in [0, 0.05) is 33.9 Å². The predicted octanol–water partition coefficient (Wildman–Crippen LogP) is 1.18. The molecule has 150 valence electrons. The standard InChI is InChI=1S/C21H15N3O6/c25-10-16(21(29)23-17-7-8-30-24-17)22-20(28)11-5-6-14-15(9-11)19(27)13-4-2-1-3-12(13)18(14)26/h1-9,16,25H,10H2,(H,22,28)(H,23,24,29). The van der Waals surface area contributed by atoms with Crippen molar-refractivity contribution in [2.45, 2.75) is 6.04 Å². The number of carbonyl (C=O) groups is 4. The molecule has 30 heavy (non-hydrogen) atoms. The number of hydrogen-bond donors (Lipinski definition) is 3. The summed E-state index contributed by atoms with van der Waals surface area (Å²) in [5.41, 5.74) is 0.975. The molecule has 9 nitrogen and oxygen atoms in total. The molecule has 1 heterocycles. The molecule has 0 fully saturated rings. The van der Waals surface area contributed by atoms with Crippen molar-refractivity contribution in [3.8, 4) is 0 Å². The minimum Gasteiger partial charge on any atom is -0.394 e. The van der Waals surface area contributed by atoms with Crippen LogP contribution in [0.5, 0.6) is 0 Å². The number of rotatable bonds is 5. The quantitative estimate of drug-likeness (QED) is 0.453. The van der Waals surface area contributed by atoms with Crippen LogP contribution < -0.4 is 10.6 Å². The third-order valence-corrected chi connectivity index (χ3v) is 4.68. The number of nitrogens with one attached hydrogen (secondary N) is 2. The van der Waals surface area contributed by atoms with Crippen LogP contribution in [0.25, 0.3) is 0 Å². The van der Waals surface area contributed by atoms with Gasteiger partial charge in [0.25, 0.3) is 11.8 Å². The number of aliphatic hydroxyl groups is 1. The van der Waals surface area contributed by atoms with E-state index in [4.69, 9.17) is 0 Å². The SMILES string of the molecule is O=C(NC(CO)C(=O)Nc1ccon1)c1ccc2c(c1)C(=O)c1ccccc1C2=O. The van der Waals surface area contributed by atoms with E-state index in [1.165, 1.54) is 30.5 Å². The first kappa shape index (κ1) is 19.2. The number of ketones is 2. The second kappa shape index (κ2) is 7.72. The first-order valence-electron chi connectivity index (χ1n) is 8.95. The Morgan fingerprint density at radius 2 is 1.63 bits per heavy atom. The van der Waals surface area contributed by atoms with Crippen LogP contribution in [0, 0.1) is 0 Å². The molecule has 3 N–H and O–H groups in total. The average Bonchev–Trinajstić information content (AvgIpc) is 3.28. The van der Waals surface area contributed by atoms with Gasteiger partial charge in [0.15, 0.2) is 17.4 Å². The van der Waals surface area contributed by atoms with Gasteiger partial charge < -0.3 is 20.3 Å². The van der Waals surface area contributed by atoms with Crippen LogP contribution in [0.3, 0.4) is 0 Å². The molecule has 2 amide bonds. The van der Waals surface area contributed by atoms with Gasteiger partial charge in [-0.3, -0.25) is 19.2 Å². The zero-order valence-electron chi connectivity index (χ0n) is 15.4. The minimum absolute atomic E-state index is 0.0713. The Kier molecular flexibility index (Phi) is 4.95. The number of fused-ring (bicyclic) bond motifs is 2. The van der Waals surface area contributed by atoms with E-state index in [2.05, 4.69) is 20.3 Å². The molecule has 1 unspecified atom stereocenters. The van der Waals surface area contributed by atoms with Gasteiger partial charge in [-0.05, 0) is 18.2 Å². The van der Waals surface area contributed by atoms with Crippen LogP contribution in [0.15, 0.2) is 59.3 Å². The van der Waals surface area contributed by atoms with Crippen molar-refractivity contribution in [1.29, 1.82) is 0 Å². The number of aliphatic hydroxyl groups excluding tert-OH is 1. The van der Waals surface area contributed by atoms with Crippen LogP contribution in [-0.4, -0.2) is 46.3 Å². The number of carbonyl (C=O) groups excluding carboxylic acids is 4. The number of benzene rings is 2. The van der Waals surface area contributed by atoms with Gasteiger partial charge in [-0.15, -0.1) is 0 Å². The molecule has 2 aromatic carbocycles. The van der Waals surface area contributed by atoms with E-state index in [1.54, 1.807) is 24.3 Å². The van der Waals surface area contributed by atoms with E-state index in [1.807, 2.05) is 0 Å². The first-order valence-corrected chi connectivity index (χ1v) is 8.95. The summed E-state index contributed by atoms with van der Waals surface area (Å²) in [6, 6.07) is 10.7. The molecular weight excluding hydrogens is 390 g/mol. The Morgan fingerprint density at radius 3 is 2.27 bits per heavy atom. The van der Waals surface area contributed by atoms with Crippen molar-refractivity contribution >= 4 is 29.2 Å². The van der Waals surface area contributed by atoms with E-state index < -0.39 is 24.5 Å². The van der Waals surface area contributed by atoms with Gasteiger partial charge in [0.2, 0.25) is 0 Å². The highest BCUT2D eigenvalue weighted by molar-refractivity contribution is 6.28. The lowest BCUT2D eigenvalue weighted by Crippen LogP contribution is -2.46. The van der Waals surface area contributed by atoms with Crippen LogP contribution in [0.4, 0.5) is 5.82 Å². The number of aromatic nitrogens is 1. The number of amides is 2. The van der Waals surface area contributed by atoms with Crippen molar-refractivity contribution in [3.05, 3.63) is 82.6 Å². The monoisotopic (exact) mass is 405 g/mol. The third kappa shape index (κ3) is 3.38. The van der Waals surface area contributed by atoms with Crippen molar-refractivity contribution < 1.29 is 28.8 Å². The lowest BCUT2D eigenvalue weighted by Gasteiger charge is -2.19. The fourth-order valence-corrected chi connectivity index (χ4v) is 3.17. The predicted molar refractivity (Wildman–Crippen MR) is 103 cm³/mol. The molecule has 0 radical (unpaired) electrons. The van der Waals surface area contributed by atoms with Gasteiger partial charge in [0.05, 0.1) is 6.61 Å². The Bertz CT molecular complexity index is 1170. The summed E-state index contributed by atoms with van der Waals surface area (Å²) in [6.07, 6.45) is 1.26. The fraction of sp³-hybridized carbons (Fsp3) is 0.0952. The summed E-state index contributed by atoms with van der Waals surface area (Å²) >= 11 is 0. The van der Waals surface area contributed by atoms with Crippen LogP contribution in [0.2, 0.25) is 0 Å². The molecule has 1 aromatic heterocycles. The van der Waals surface area contributed by atoms with Crippen LogP contribution in [-0.2, 0) is 4.79 Å².